The van der Waals surface area contributed by atoms with Crippen molar-refractivity contribution >= 4 is 17.6 Å². The highest BCUT2D eigenvalue weighted by Crippen LogP contribution is 1.93. The summed E-state index contributed by atoms with van der Waals surface area (Å²) in [5.74, 6) is 0.117. The van der Waals surface area contributed by atoms with Gasteiger partial charge < -0.3 is 5.11 Å². The molecular weight excluding hydrogens is 176 g/mol. The lowest BCUT2D eigenvalue weighted by molar-refractivity contribution is -0.137. The lowest BCUT2D eigenvalue weighted by atomic mass is 10.3. The molecule has 3 heteroatoms. The van der Waals surface area contributed by atoms with E-state index in [1.807, 2.05) is 6.92 Å². The van der Waals surface area contributed by atoms with Crippen LogP contribution in [-0.4, -0.2) is 17.0 Å². The second-order valence-electron chi connectivity index (χ2n) is 2.54. The Morgan fingerprint density at radius 1 is 1.25 bits per heavy atom. The third-order valence-corrected chi connectivity index (χ3v) is 1.47. The van der Waals surface area contributed by atoms with Crippen molar-refractivity contribution in [2.24, 2.45) is 0 Å². The van der Waals surface area contributed by atoms with Gasteiger partial charge in [-0.25, -0.2) is 0 Å². The van der Waals surface area contributed by atoms with Crippen molar-refractivity contribution < 1.29 is 9.90 Å². The van der Waals surface area contributed by atoms with Crippen molar-refractivity contribution in [2.75, 3.05) is 5.88 Å². The van der Waals surface area contributed by atoms with Crippen LogP contribution in [0.2, 0.25) is 0 Å². The number of carboxylic acids is 1. The molecule has 0 unspecified atom stereocenters. The van der Waals surface area contributed by atoms with Gasteiger partial charge in [0.25, 0.3) is 0 Å². The van der Waals surface area contributed by atoms with Gasteiger partial charge in [0.2, 0.25) is 0 Å². The largest absolute Gasteiger partial charge is 0.481 e. The number of unbranched alkanes of at least 4 members (excludes halogenated alkanes) is 2. The average Bonchev–Trinajstić information content (AvgIpc) is 2.02. The van der Waals surface area contributed by atoms with Crippen LogP contribution >= 0.6 is 11.6 Å². The lowest BCUT2D eigenvalue weighted by Gasteiger charge is -1.84. The third kappa shape index (κ3) is 22.6. The van der Waals surface area contributed by atoms with E-state index in [0.29, 0.717) is 6.42 Å². The van der Waals surface area contributed by atoms with Gasteiger partial charge in [0.05, 0.1) is 0 Å². The first-order chi connectivity index (χ1) is 5.68. The van der Waals surface area contributed by atoms with E-state index in [-0.39, 0.29) is 0 Å². The summed E-state index contributed by atoms with van der Waals surface area (Å²) in [4.78, 5) is 9.60. The molecule has 0 saturated heterocycles. The quantitative estimate of drug-likeness (QED) is 0.539. The Morgan fingerprint density at radius 2 is 1.83 bits per heavy atom. The second-order valence-corrected chi connectivity index (χ2v) is 2.92. The van der Waals surface area contributed by atoms with Gasteiger partial charge in [0.15, 0.2) is 0 Å². The van der Waals surface area contributed by atoms with Crippen molar-refractivity contribution in [3.63, 3.8) is 0 Å². The molecule has 0 spiro atoms. The summed E-state index contributed by atoms with van der Waals surface area (Å²) in [7, 11) is 0. The van der Waals surface area contributed by atoms with E-state index < -0.39 is 5.97 Å². The summed E-state index contributed by atoms with van der Waals surface area (Å²) in [6.45, 7) is 4.01. The number of hydrogen-bond acceptors (Lipinski definition) is 1. The van der Waals surface area contributed by atoms with Crippen molar-refractivity contribution in [1.29, 1.82) is 0 Å². The maximum absolute atomic E-state index is 9.60. The molecule has 0 atom stereocenters. The topological polar surface area (TPSA) is 37.3 Å². The van der Waals surface area contributed by atoms with Crippen LogP contribution in [0, 0.1) is 0 Å². The van der Waals surface area contributed by atoms with E-state index in [2.05, 4.69) is 6.92 Å². The molecule has 1 N–H and O–H groups in total. The fraction of sp³-hybridized carbons (Fsp3) is 0.889. The molecule has 0 aromatic carbocycles. The van der Waals surface area contributed by atoms with Crippen molar-refractivity contribution in [3.05, 3.63) is 0 Å². The van der Waals surface area contributed by atoms with Gasteiger partial charge in [-0.15, -0.1) is 11.6 Å². The van der Waals surface area contributed by atoms with E-state index in [1.54, 1.807) is 0 Å². The molecule has 0 aromatic heterocycles. The summed E-state index contributed by atoms with van der Waals surface area (Å²) in [6.07, 6.45) is 4.75. The molecular formula is C9H19ClO2. The highest BCUT2D eigenvalue weighted by atomic mass is 35.5. The van der Waals surface area contributed by atoms with Gasteiger partial charge in [-0.3, -0.25) is 4.79 Å². The van der Waals surface area contributed by atoms with E-state index >= 15 is 0 Å². The van der Waals surface area contributed by atoms with E-state index in [1.165, 1.54) is 19.3 Å². The van der Waals surface area contributed by atoms with Crippen LogP contribution in [0.5, 0.6) is 0 Å². The van der Waals surface area contributed by atoms with Crippen LogP contribution in [0.15, 0.2) is 0 Å². The number of hydrogen-bond donors (Lipinski definition) is 1. The van der Waals surface area contributed by atoms with E-state index in [9.17, 15) is 4.79 Å². The Labute approximate surface area is 79.9 Å². The summed E-state index contributed by atoms with van der Waals surface area (Å²) in [6, 6.07) is 0. The lowest BCUT2D eigenvalue weighted by Crippen LogP contribution is -1.90. The van der Waals surface area contributed by atoms with Crippen molar-refractivity contribution in [3.8, 4) is 0 Å². The monoisotopic (exact) mass is 194 g/mol. The molecule has 12 heavy (non-hydrogen) atoms. The zero-order valence-electron chi connectivity index (χ0n) is 7.98. The minimum absolute atomic E-state index is 0.292. The van der Waals surface area contributed by atoms with Gasteiger partial charge in [0.1, 0.15) is 0 Å². The third-order valence-electron chi connectivity index (χ3n) is 1.20. The maximum Gasteiger partial charge on any atom is 0.303 e. The fourth-order valence-electron chi connectivity index (χ4n) is 0.558. The van der Waals surface area contributed by atoms with E-state index in [0.717, 1.165) is 12.3 Å². The standard InChI is InChI=1S/C5H11Cl.C4H8O2/c1-2-3-4-5-6;1-2-3-4(5)6/h2-5H2,1H3;2-3H2,1H3,(H,5,6). The first-order valence-corrected chi connectivity index (χ1v) is 5.00. The number of rotatable bonds is 5. The van der Waals surface area contributed by atoms with Crippen LogP contribution in [0.4, 0.5) is 0 Å². The fourth-order valence-corrected chi connectivity index (χ4v) is 0.747. The van der Waals surface area contributed by atoms with Gasteiger partial charge in [-0.2, -0.15) is 0 Å². The number of carbonyl (C=O) groups is 1. The van der Waals surface area contributed by atoms with Crippen LogP contribution in [0.25, 0.3) is 0 Å². The number of alkyl halides is 1. The molecule has 0 heterocycles. The number of aliphatic carboxylic acids is 1. The molecule has 0 aliphatic carbocycles. The summed E-state index contributed by atoms with van der Waals surface area (Å²) >= 11 is 5.38. The summed E-state index contributed by atoms with van der Waals surface area (Å²) in [5.41, 5.74) is 0. The van der Waals surface area contributed by atoms with Crippen molar-refractivity contribution in [1.82, 2.24) is 0 Å². The zero-order valence-corrected chi connectivity index (χ0v) is 8.73. The average molecular weight is 195 g/mol. The molecule has 0 rings (SSSR count). The predicted molar refractivity (Wildman–Crippen MR) is 52.8 cm³/mol. The molecule has 2 nitrogen and oxygen atoms in total. The molecule has 0 saturated carbocycles. The van der Waals surface area contributed by atoms with Gasteiger partial charge in [-0.05, 0) is 12.8 Å². The van der Waals surface area contributed by atoms with Crippen molar-refractivity contribution in [2.45, 2.75) is 46.0 Å². The molecule has 0 bridgehead atoms. The Morgan fingerprint density at radius 3 is 1.92 bits per heavy atom. The Kier molecular flexibility index (Phi) is 15.9. The highest BCUT2D eigenvalue weighted by Gasteiger charge is 1.87. The number of halogens is 1. The SMILES string of the molecule is CCCC(=O)O.CCCCCCl. The van der Waals surface area contributed by atoms with Gasteiger partial charge in [0, 0.05) is 12.3 Å². The minimum Gasteiger partial charge on any atom is -0.481 e. The molecule has 0 aliphatic rings. The maximum atomic E-state index is 9.60. The molecule has 0 amide bonds. The molecule has 74 valence electrons. The normalized spacial score (nSPS) is 8.58. The molecule has 0 radical (unpaired) electrons. The Hall–Kier alpha value is -0.240. The Bertz CT molecular complexity index is 90.5. The second kappa shape index (κ2) is 13.4. The van der Waals surface area contributed by atoms with Crippen LogP contribution in [0.1, 0.15) is 46.0 Å². The van der Waals surface area contributed by atoms with Gasteiger partial charge >= 0.3 is 5.97 Å². The van der Waals surface area contributed by atoms with Crippen LogP contribution < -0.4 is 0 Å². The molecule has 0 fully saturated rings. The number of carboxylic acid groups (broad SMARTS) is 1. The van der Waals surface area contributed by atoms with Crippen LogP contribution in [0.3, 0.4) is 0 Å². The molecule has 0 aromatic rings. The first-order valence-electron chi connectivity index (χ1n) is 4.46. The Balaban J connectivity index is 0. The predicted octanol–water partition coefficient (Wildman–Crippen LogP) is 3.29. The summed E-state index contributed by atoms with van der Waals surface area (Å²) < 4.78 is 0. The summed E-state index contributed by atoms with van der Waals surface area (Å²) in [5, 5.41) is 7.91. The molecule has 0 aliphatic heterocycles. The smallest absolute Gasteiger partial charge is 0.303 e. The van der Waals surface area contributed by atoms with Crippen LogP contribution in [-0.2, 0) is 4.79 Å². The minimum atomic E-state index is -0.711. The first kappa shape index (κ1) is 14.3. The van der Waals surface area contributed by atoms with Gasteiger partial charge in [-0.1, -0.05) is 26.7 Å². The van der Waals surface area contributed by atoms with E-state index in [4.69, 9.17) is 16.7 Å². The highest BCUT2D eigenvalue weighted by molar-refractivity contribution is 6.17. The zero-order chi connectivity index (χ0) is 9.82.